The molecular formula is C13H22N4. The Labute approximate surface area is 103 Å². The van der Waals surface area contributed by atoms with Crippen molar-refractivity contribution in [3.8, 4) is 0 Å². The third-order valence-corrected chi connectivity index (χ3v) is 4.60. The van der Waals surface area contributed by atoms with Gasteiger partial charge in [0.25, 0.3) is 0 Å². The van der Waals surface area contributed by atoms with Gasteiger partial charge in [-0.25, -0.2) is 0 Å². The zero-order valence-corrected chi connectivity index (χ0v) is 10.9. The quantitative estimate of drug-likeness (QED) is 0.843. The molecule has 0 bridgehead atoms. The molecule has 0 aromatic carbocycles. The normalized spacial score (nSPS) is 28.6. The summed E-state index contributed by atoms with van der Waals surface area (Å²) in [6.07, 6.45) is 4.85. The fourth-order valence-corrected chi connectivity index (χ4v) is 3.33. The van der Waals surface area contributed by atoms with Gasteiger partial charge in [-0.05, 0) is 31.7 Å². The van der Waals surface area contributed by atoms with Gasteiger partial charge < -0.3 is 9.88 Å². The second-order valence-electron chi connectivity index (χ2n) is 5.79. The Bertz CT molecular complexity index is 402. The zero-order valence-electron chi connectivity index (χ0n) is 10.9. The van der Waals surface area contributed by atoms with E-state index < -0.39 is 0 Å². The molecule has 0 spiro atoms. The molecule has 4 heteroatoms. The zero-order chi connectivity index (χ0) is 11.9. The molecule has 0 aliphatic carbocycles. The number of aryl methyl sites for hydroxylation is 1. The van der Waals surface area contributed by atoms with Gasteiger partial charge in [0.15, 0.2) is 0 Å². The van der Waals surface area contributed by atoms with Gasteiger partial charge in [-0.1, -0.05) is 13.8 Å². The lowest BCUT2D eigenvalue weighted by molar-refractivity contribution is 0.299. The summed E-state index contributed by atoms with van der Waals surface area (Å²) >= 11 is 0. The van der Waals surface area contributed by atoms with Gasteiger partial charge >= 0.3 is 0 Å². The van der Waals surface area contributed by atoms with E-state index in [1.54, 1.807) is 0 Å². The molecule has 17 heavy (non-hydrogen) atoms. The van der Waals surface area contributed by atoms with Gasteiger partial charge in [0.2, 0.25) is 0 Å². The van der Waals surface area contributed by atoms with Crippen LogP contribution in [0.3, 0.4) is 0 Å². The van der Waals surface area contributed by atoms with Crippen LogP contribution in [0.2, 0.25) is 0 Å². The standard InChI is InChI=1S/C13H22N4/c1-10(2)13(6-7-14-9-13)12-16-15-11-5-3-4-8-17(11)12/h10,14H,3-9H2,1-2H3. The first kappa shape index (κ1) is 11.2. The first-order chi connectivity index (χ1) is 8.24. The van der Waals surface area contributed by atoms with Crippen molar-refractivity contribution in [2.24, 2.45) is 5.92 Å². The molecule has 0 radical (unpaired) electrons. The second-order valence-corrected chi connectivity index (χ2v) is 5.79. The van der Waals surface area contributed by atoms with Crippen LogP contribution in [0.1, 0.15) is 44.8 Å². The summed E-state index contributed by atoms with van der Waals surface area (Å²) in [6, 6.07) is 0. The summed E-state index contributed by atoms with van der Waals surface area (Å²) in [4.78, 5) is 0. The third kappa shape index (κ3) is 1.61. The summed E-state index contributed by atoms with van der Waals surface area (Å²) < 4.78 is 2.40. The molecule has 1 saturated heterocycles. The lowest BCUT2D eigenvalue weighted by Gasteiger charge is -2.32. The van der Waals surface area contributed by atoms with Gasteiger partial charge in [0.05, 0.1) is 0 Å². The first-order valence-electron chi connectivity index (χ1n) is 6.87. The summed E-state index contributed by atoms with van der Waals surface area (Å²) in [5.41, 5.74) is 0.211. The minimum atomic E-state index is 0.211. The number of nitrogens with one attached hydrogen (secondary N) is 1. The molecule has 2 aliphatic rings. The summed E-state index contributed by atoms with van der Waals surface area (Å²) in [6.45, 7) is 7.92. The van der Waals surface area contributed by atoms with Gasteiger partial charge in [-0.2, -0.15) is 0 Å². The number of fused-ring (bicyclic) bond motifs is 1. The summed E-state index contributed by atoms with van der Waals surface area (Å²) in [7, 11) is 0. The van der Waals surface area contributed by atoms with E-state index in [9.17, 15) is 0 Å². The van der Waals surface area contributed by atoms with Gasteiger partial charge in [0.1, 0.15) is 11.6 Å². The number of hydrogen-bond donors (Lipinski definition) is 1. The molecule has 0 amide bonds. The molecule has 94 valence electrons. The average Bonchev–Trinajstić information content (AvgIpc) is 2.95. The van der Waals surface area contributed by atoms with Gasteiger partial charge in [-0.15, -0.1) is 10.2 Å². The Morgan fingerprint density at radius 3 is 2.88 bits per heavy atom. The fraction of sp³-hybridized carbons (Fsp3) is 0.846. The van der Waals surface area contributed by atoms with Crippen LogP contribution in [0.4, 0.5) is 0 Å². The highest BCUT2D eigenvalue weighted by Crippen LogP contribution is 2.37. The van der Waals surface area contributed by atoms with Crippen LogP contribution in [0.5, 0.6) is 0 Å². The van der Waals surface area contributed by atoms with E-state index in [-0.39, 0.29) is 5.41 Å². The van der Waals surface area contributed by atoms with Crippen molar-refractivity contribution in [1.29, 1.82) is 0 Å². The van der Waals surface area contributed by atoms with Gasteiger partial charge in [-0.3, -0.25) is 0 Å². The molecule has 3 heterocycles. The van der Waals surface area contributed by atoms with Crippen molar-refractivity contribution in [3.05, 3.63) is 11.6 Å². The van der Waals surface area contributed by atoms with Crippen molar-refractivity contribution in [2.75, 3.05) is 13.1 Å². The molecule has 3 rings (SSSR count). The topological polar surface area (TPSA) is 42.7 Å². The summed E-state index contributed by atoms with van der Waals surface area (Å²) in [5.74, 6) is 3.07. The highest BCUT2D eigenvalue weighted by atomic mass is 15.3. The smallest absolute Gasteiger partial charge is 0.140 e. The molecule has 1 fully saturated rings. The number of nitrogens with zero attached hydrogens (tertiary/aromatic N) is 3. The van der Waals surface area contributed by atoms with Crippen molar-refractivity contribution < 1.29 is 0 Å². The maximum atomic E-state index is 4.55. The number of rotatable bonds is 2. The predicted molar refractivity (Wildman–Crippen MR) is 67.0 cm³/mol. The maximum Gasteiger partial charge on any atom is 0.140 e. The summed E-state index contributed by atoms with van der Waals surface area (Å²) in [5, 5.41) is 12.5. The molecule has 1 unspecified atom stereocenters. The Morgan fingerprint density at radius 2 is 2.18 bits per heavy atom. The molecular weight excluding hydrogens is 212 g/mol. The third-order valence-electron chi connectivity index (χ3n) is 4.60. The second kappa shape index (κ2) is 4.09. The molecule has 1 N–H and O–H groups in total. The average molecular weight is 234 g/mol. The number of aromatic nitrogens is 3. The van der Waals surface area contributed by atoms with Crippen molar-refractivity contribution in [2.45, 2.75) is 51.5 Å². The maximum absolute atomic E-state index is 4.55. The van der Waals surface area contributed by atoms with Crippen LogP contribution in [0.15, 0.2) is 0 Å². The highest BCUT2D eigenvalue weighted by molar-refractivity contribution is 5.17. The fourth-order valence-electron chi connectivity index (χ4n) is 3.33. The van der Waals surface area contributed by atoms with E-state index >= 15 is 0 Å². The molecule has 0 saturated carbocycles. The van der Waals surface area contributed by atoms with E-state index in [4.69, 9.17) is 0 Å². The van der Waals surface area contributed by atoms with Crippen LogP contribution in [-0.2, 0) is 18.4 Å². The van der Waals surface area contributed by atoms with Crippen LogP contribution >= 0.6 is 0 Å². The number of hydrogen-bond acceptors (Lipinski definition) is 3. The largest absolute Gasteiger partial charge is 0.316 e. The monoisotopic (exact) mass is 234 g/mol. The van der Waals surface area contributed by atoms with Crippen LogP contribution in [0.25, 0.3) is 0 Å². The Morgan fingerprint density at radius 1 is 1.29 bits per heavy atom. The van der Waals surface area contributed by atoms with Crippen LogP contribution < -0.4 is 5.32 Å². The van der Waals surface area contributed by atoms with E-state index in [2.05, 4.69) is 33.9 Å². The lowest BCUT2D eigenvalue weighted by atomic mass is 9.75. The minimum absolute atomic E-state index is 0.211. The Balaban J connectivity index is 2.04. The molecule has 2 aliphatic heterocycles. The lowest BCUT2D eigenvalue weighted by Crippen LogP contribution is -2.38. The minimum Gasteiger partial charge on any atom is -0.316 e. The van der Waals surface area contributed by atoms with Crippen molar-refractivity contribution >= 4 is 0 Å². The van der Waals surface area contributed by atoms with E-state index in [0.29, 0.717) is 5.92 Å². The highest BCUT2D eigenvalue weighted by Gasteiger charge is 2.43. The van der Waals surface area contributed by atoms with Crippen LogP contribution in [-0.4, -0.2) is 27.9 Å². The SMILES string of the molecule is CC(C)C1(c2nnc3n2CCCC3)CCNC1. The predicted octanol–water partition coefficient (Wildman–Crippen LogP) is 1.50. The molecule has 1 aromatic heterocycles. The van der Waals surface area contributed by atoms with Crippen molar-refractivity contribution in [3.63, 3.8) is 0 Å². The molecule has 1 aromatic rings. The molecule has 1 atom stereocenters. The van der Waals surface area contributed by atoms with Crippen molar-refractivity contribution in [1.82, 2.24) is 20.1 Å². The first-order valence-corrected chi connectivity index (χ1v) is 6.87. The van der Waals surface area contributed by atoms with E-state index in [1.165, 1.54) is 30.9 Å². The van der Waals surface area contributed by atoms with E-state index in [1.807, 2.05) is 0 Å². The van der Waals surface area contributed by atoms with Crippen LogP contribution in [0, 0.1) is 5.92 Å². The Kier molecular flexibility index (Phi) is 2.69. The van der Waals surface area contributed by atoms with Gasteiger partial charge in [0, 0.05) is 24.9 Å². The molecule has 4 nitrogen and oxygen atoms in total. The van der Waals surface area contributed by atoms with E-state index in [0.717, 1.165) is 26.1 Å². The Hall–Kier alpha value is -0.900.